The van der Waals surface area contributed by atoms with Crippen LogP contribution in [-0.4, -0.2) is 14.5 Å². The number of rotatable bonds is 2. The molecule has 0 fully saturated rings. The highest BCUT2D eigenvalue weighted by Gasteiger charge is 2.22. The quantitative estimate of drug-likeness (QED) is 0.742. The largest absolute Gasteiger partial charge is 0.358 e. The molecule has 0 saturated heterocycles. The average molecular weight is 253 g/mol. The summed E-state index contributed by atoms with van der Waals surface area (Å²) < 4.78 is 2.12. The predicted octanol–water partition coefficient (Wildman–Crippen LogP) is 3.71. The van der Waals surface area contributed by atoms with Gasteiger partial charge in [0, 0.05) is 40.0 Å². The Bertz CT molecular complexity index is 684. The first-order chi connectivity index (χ1) is 9.05. The number of aromatic amines is 1. The number of hydrogen-bond acceptors (Lipinski definition) is 1. The van der Waals surface area contributed by atoms with Gasteiger partial charge in [-0.2, -0.15) is 0 Å². The van der Waals surface area contributed by atoms with Crippen LogP contribution in [0.3, 0.4) is 0 Å². The van der Waals surface area contributed by atoms with Gasteiger partial charge in [-0.3, -0.25) is 0 Å². The number of H-pyrrole nitrogens is 1. The molecular formula is C16H19N3. The normalized spacial score (nSPS) is 12.2. The highest BCUT2D eigenvalue weighted by molar-refractivity contribution is 5.85. The lowest BCUT2D eigenvalue weighted by Gasteiger charge is -2.19. The lowest BCUT2D eigenvalue weighted by Crippen LogP contribution is -2.15. The summed E-state index contributed by atoms with van der Waals surface area (Å²) in [5.74, 6) is 0. The van der Waals surface area contributed by atoms with Crippen molar-refractivity contribution in [2.24, 2.45) is 0 Å². The molecule has 0 aliphatic rings. The van der Waals surface area contributed by atoms with Gasteiger partial charge in [0.05, 0.1) is 12.9 Å². The van der Waals surface area contributed by atoms with Crippen LogP contribution in [0.25, 0.3) is 10.9 Å². The summed E-state index contributed by atoms with van der Waals surface area (Å²) >= 11 is 0. The molecule has 0 saturated carbocycles. The number of hydrogen-bond donors (Lipinski definition) is 1. The van der Waals surface area contributed by atoms with Gasteiger partial charge in [-0.05, 0) is 6.07 Å². The maximum Gasteiger partial charge on any atom is 0.0949 e. The van der Waals surface area contributed by atoms with E-state index >= 15 is 0 Å². The van der Waals surface area contributed by atoms with Crippen LogP contribution in [0.2, 0.25) is 0 Å². The third kappa shape index (κ3) is 2.16. The first-order valence-corrected chi connectivity index (χ1v) is 6.61. The van der Waals surface area contributed by atoms with Gasteiger partial charge in [0.25, 0.3) is 0 Å². The number of nitrogens with zero attached hydrogens (tertiary/aromatic N) is 2. The second-order valence-electron chi connectivity index (χ2n) is 6.01. The standard InChI is InChI=1S/C16H19N3/c1-16(2,3)15-13(10-19-9-8-17-11-19)12-6-4-5-7-14(12)18-15/h4-9,11,18H,10H2,1-3H3. The number of benzene rings is 1. The zero-order valence-electron chi connectivity index (χ0n) is 11.6. The van der Waals surface area contributed by atoms with Crippen LogP contribution < -0.4 is 0 Å². The van der Waals surface area contributed by atoms with Crippen LogP contribution in [0.4, 0.5) is 0 Å². The van der Waals surface area contributed by atoms with Crippen molar-refractivity contribution in [3.8, 4) is 0 Å². The molecule has 0 bridgehead atoms. The summed E-state index contributed by atoms with van der Waals surface area (Å²) in [6.45, 7) is 7.59. The van der Waals surface area contributed by atoms with Crippen molar-refractivity contribution < 1.29 is 0 Å². The average Bonchev–Trinajstić information content (AvgIpc) is 2.97. The molecule has 1 N–H and O–H groups in total. The van der Waals surface area contributed by atoms with E-state index < -0.39 is 0 Å². The molecule has 0 aliphatic heterocycles. The maximum atomic E-state index is 4.13. The van der Waals surface area contributed by atoms with E-state index in [1.807, 2.05) is 18.7 Å². The smallest absolute Gasteiger partial charge is 0.0949 e. The summed E-state index contributed by atoms with van der Waals surface area (Å²) in [7, 11) is 0. The zero-order valence-corrected chi connectivity index (χ0v) is 11.6. The van der Waals surface area contributed by atoms with Gasteiger partial charge >= 0.3 is 0 Å². The lowest BCUT2D eigenvalue weighted by atomic mass is 9.89. The topological polar surface area (TPSA) is 33.6 Å². The molecule has 2 aromatic heterocycles. The number of para-hydroxylation sites is 1. The highest BCUT2D eigenvalue weighted by atomic mass is 15.0. The van der Waals surface area contributed by atoms with E-state index in [0.29, 0.717) is 0 Å². The second-order valence-corrected chi connectivity index (χ2v) is 6.01. The van der Waals surface area contributed by atoms with E-state index in [-0.39, 0.29) is 5.41 Å². The minimum absolute atomic E-state index is 0.106. The van der Waals surface area contributed by atoms with E-state index in [9.17, 15) is 0 Å². The fourth-order valence-corrected chi connectivity index (χ4v) is 2.57. The Balaban J connectivity index is 2.19. The van der Waals surface area contributed by atoms with Gasteiger partial charge in [0.2, 0.25) is 0 Å². The van der Waals surface area contributed by atoms with E-state index in [1.165, 1.54) is 22.2 Å². The summed E-state index contributed by atoms with van der Waals surface area (Å²) in [5.41, 5.74) is 3.99. The van der Waals surface area contributed by atoms with E-state index in [2.05, 4.69) is 59.6 Å². The van der Waals surface area contributed by atoms with Gasteiger partial charge in [-0.1, -0.05) is 39.0 Å². The molecule has 98 valence electrons. The molecule has 19 heavy (non-hydrogen) atoms. The number of aromatic nitrogens is 3. The van der Waals surface area contributed by atoms with E-state index in [4.69, 9.17) is 0 Å². The molecule has 0 unspecified atom stereocenters. The Hall–Kier alpha value is -2.03. The molecule has 0 radical (unpaired) electrons. The zero-order chi connectivity index (χ0) is 13.5. The SMILES string of the molecule is CC(C)(C)c1[nH]c2ccccc2c1Cn1ccnc1. The van der Waals surface area contributed by atoms with Crippen molar-refractivity contribution >= 4 is 10.9 Å². The van der Waals surface area contributed by atoms with Crippen molar-refractivity contribution in [2.75, 3.05) is 0 Å². The van der Waals surface area contributed by atoms with Crippen LogP contribution >= 0.6 is 0 Å². The molecule has 0 aliphatic carbocycles. The Morgan fingerprint density at radius 1 is 1.21 bits per heavy atom. The van der Waals surface area contributed by atoms with Crippen molar-refractivity contribution in [3.63, 3.8) is 0 Å². The minimum Gasteiger partial charge on any atom is -0.358 e. The lowest BCUT2D eigenvalue weighted by molar-refractivity contribution is 0.563. The Kier molecular flexibility index (Phi) is 2.70. The van der Waals surface area contributed by atoms with Gasteiger partial charge in [-0.25, -0.2) is 4.98 Å². The van der Waals surface area contributed by atoms with Crippen LogP contribution in [0, 0.1) is 0 Å². The highest BCUT2D eigenvalue weighted by Crippen LogP contribution is 2.31. The van der Waals surface area contributed by atoms with E-state index in [1.54, 1.807) is 0 Å². The third-order valence-corrected chi connectivity index (χ3v) is 3.46. The molecule has 2 heterocycles. The van der Waals surface area contributed by atoms with Gasteiger partial charge in [-0.15, -0.1) is 0 Å². The summed E-state index contributed by atoms with van der Waals surface area (Å²) in [6, 6.07) is 8.50. The second kappa shape index (κ2) is 4.26. The van der Waals surface area contributed by atoms with Crippen molar-refractivity contribution in [1.82, 2.24) is 14.5 Å². The molecule has 3 aromatic rings. The molecule has 3 heteroatoms. The van der Waals surface area contributed by atoms with Gasteiger partial charge < -0.3 is 9.55 Å². The Labute approximate surface area is 113 Å². The summed E-state index contributed by atoms with van der Waals surface area (Å²) in [5, 5.41) is 1.31. The number of fused-ring (bicyclic) bond motifs is 1. The molecule has 3 nitrogen and oxygen atoms in total. The monoisotopic (exact) mass is 253 g/mol. The summed E-state index contributed by atoms with van der Waals surface area (Å²) in [4.78, 5) is 7.71. The van der Waals surface area contributed by atoms with Crippen LogP contribution in [-0.2, 0) is 12.0 Å². The molecule has 0 amide bonds. The van der Waals surface area contributed by atoms with Gasteiger partial charge in [0.15, 0.2) is 0 Å². The Morgan fingerprint density at radius 2 is 2.00 bits per heavy atom. The molecule has 0 spiro atoms. The third-order valence-electron chi connectivity index (χ3n) is 3.46. The predicted molar refractivity (Wildman–Crippen MR) is 78.3 cm³/mol. The maximum absolute atomic E-state index is 4.13. The van der Waals surface area contributed by atoms with Gasteiger partial charge in [0.1, 0.15) is 0 Å². The molecule has 0 atom stereocenters. The molecule has 3 rings (SSSR count). The first-order valence-electron chi connectivity index (χ1n) is 6.61. The Morgan fingerprint density at radius 3 is 2.68 bits per heavy atom. The van der Waals surface area contributed by atoms with Crippen molar-refractivity contribution in [1.29, 1.82) is 0 Å². The van der Waals surface area contributed by atoms with E-state index in [0.717, 1.165) is 6.54 Å². The first kappa shape index (κ1) is 12.0. The number of imidazole rings is 1. The fraction of sp³-hybridized carbons (Fsp3) is 0.312. The fourth-order valence-electron chi connectivity index (χ4n) is 2.57. The van der Waals surface area contributed by atoms with Crippen molar-refractivity contribution in [3.05, 3.63) is 54.2 Å². The molecular weight excluding hydrogens is 234 g/mol. The van der Waals surface area contributed by atoms with Crippen LogP contribution in [0.15, 0.2) is 43.0 Å². The summed E-state index contributed by atoms with van der Waals surface area (Å²) in [6.07, 6.45) is 5.70. The van der Waals surface area contributed by atoms with Crippen LogP contribution in [0.5, 0.6) is 0 Å². The number of nitrogens with one attached hydrogen (secondary N) is 1. The minimum atomic E-state index is 0.106. The van der Waals surface area contributed by atoms with Crippen LogP contribution in [0.1, 0.15) is 32.0 Å². The molecule has 1 aromatic carbocycles. The van der Waals surface area contributed by atoms with Crippen molar-refractivity contribution in [2.45, 2.75) is 32.7 Å².